The van der Waals surface area contributed by atoms with Crippen molar-refractivity contribution in [2.45, 2.75) is 0 Å². The van der Waals surface area contributed by atoms with Gasteiger partial charge < -0.3 is 4.57 Å². The van der Waals surface area contributed by atoms with Gasteiger partial charge in [0.05, 0.1) is 11.0 Å². The topological polar surface area (TPSA) is 43.6 Å². The van der Waals surface area contributed by atoms with Crippen LogP contribution in [0.15, 0.2) is 182 Å². The number of fused-ring (bicyclic) bond motifs is 6. The molecule has 4 heteroatoms. The molecule has 0 bridgehead atoms. The van der Waals surface area contributed by atoms with E-state index in [-0.39, 0.29) is 0 Å². The maximum atomic E-state index is 5.13. The van der Waals surface area contributed by atoms with Crippen molar-refractivity contribution in [3.05, 3.63) is 182 Å². The van der Waals surface area contributed by atoms with Crippen LogP contribution in [0.3, 0.4) is 0 Å². The van der Waals surface area contributed by atoms with Crippen LogP contribution in [-0.4, -0.2) is 19.5 Å². The minimum Gasteiger partial charge on any atom is -0.309 e. The molecule has 10 rings (SSSR count). The molecule has 10 aromatic rings. The van der Waals surface area contributed by atoms with E-state index < -0.39 is 0 Å². The highest BCUT2D eigenvalue weighted by Crippen LogP contribution is 2.37. The van der Waals surface area contributed by atoms with Gasteiger partial charge in [0.15, 0.2) is 17.5 Å². The zero-order valence-electron chi connectivity index (χ0n) is 27.6. The maximum Gasteiger partial charge on any atom is 0.164 e. The van der Waals surface area contributed by atoms with Crippen molar-refractivity contribution in [2.75, 3.05) is 0 Å². The largest absolute Gasteiger partial charge is 0.309 e. The first-order valence-electron chi connectivity index (χ1n) is 17.2. The minimum atomic E-state index is 0.632. The lowest BCUT2D eigenvalue weighted by Crippen LogP contribution is -2.01. The molecular weight excluding hydrogens is 621 g/mol. The molecule has 0 saturated heterocycles. The van der Waals surface area contributed by atoms with E-state index in [1.54, 1.807) is 0 Å². The number of benzene rings is 8. The SMILES string of the molecule is c1ccc(-c2cccc(-c3nc(-c4ccc(-n5c6ccccc6c6c7ccccc7ccc65)cc4)nc(-c4cccc5ccccc45)n3)c2)cc1. The molecule has 0 aliphatic rings. The first kappa shape index (κ1) is 29.0. The van der Waals surface area contributed by atoms with Gasteiger partial charge in [-0.3, -0.25) is 0 Å². The Hall–Kier alpha value is -6.91. The average Bonchev–Trinajstić information content (AvgIpc) is 3.56. The fourth-order valence-electron chi connectivity index (χ4n) is 7.42. The Labute approximate surface area is 295 Å². The van der Waals surface area contributed by atoms with Crippen molar-refractivity contribution in [3.8, 4) is 51.0 Å². The molecule has 0 aliphatic heterocycles. The fourth-order valence-corrected chi connectivity index (χ4v) is 7.42. The molecule has 0 spiro atoms. The normalized spacial score (nSPS) is 11.5. The number of rotatable bonds is 5. The predicted molar refractivity (Wildman–Crippen MR) is 211 cm³/mol. The quantitative estimate of drug-likeness (QED) is 0.186. The van der Waals surface area contributed by atoms with Crippen LogP contribution in [0.2, 0.25) is 0 Å². The maximum absolute atomic E-state index is 5.13. The Morgan fingerprint density at radius 2 is 0.922 bits per heavy atom. The molecular formula is C47H30N4. The van der Waals surface area contributed by atoms with Gasteiger partial charge in [0.1, 0.15) is 0 Å². The Morgan fingerprint density at radius 3 is 1.75 bits per heavy atom. The number of para-hydroxylation sites is 1. The van der Waals surface area contributed by atoms with Crippen LogP contribution < -0.4 is 0 Å². The second-order valence-electron chi connectivity index (χ2n) is 12.9. The zero-order valence-corrected chi connectivity index (χ0v) is 27.6. The Balaban J connectivity index is 1.14. The molecule has 51 heavy (non-hydrogen) atoms. The fraction of sp³-hybridized carbons (Fsp3) is 0. The van der Waals surface area contributed by atoms with E-state index in [1.807, 2.05) is 6.07 Å². The second kappa shape index (κ2) is 11.9. The van der Waals surface area contributed by atoms with Crippen molar-refractivity contribution in [2.24, 2.45) is 0 Å². The smallest absolute Gasteiger partial charge is 0.164 e. The monoisotopic (exact) mass is 650 g/mol. The van der Waals surface area contributed by atoms with Gasteiger partial charge in [-0.1, -0.05) is 140 Å². The summed E-state index contributed by atoms with van der Waals surface area (Å²) >= 11 is 0. The van der Waals surface area contributed by atoms with E-state index in [1.165, 1.54) is 32.6 Å². The van der Waals surface area contributed by atoms with Crippen molar-refractivity contribution in [3.63, 3.8) is 0 Å². The van der Waals surface area contributed by atoms with Gasteiger partial charge in [0, 0.05) is 33.2 Å². The lowest BCUT2D eigenvalue weighted by Gasteiger charge is -2.12. The summed E-state index contributed by atoms with van der Waals surface area (Å²) in [6.07, 6.45) is 0. The Bertz CT molecular complexity index is 2900. The molecule has 0 atom stereocenters. The third-order valence-corrected chi connectivity index (χ3v) is 9.84. The van der Waals surface area contributed by atoms with Crippen LogP contribution >= 0.6 is 0 Å². The molecule has 2 heterocycles. The molecule has 2 aromatic heterocycles. The molecule has 8 aromatic carbocycles. The number of hydrogen-bond acceptors (Lipinski definition) is 3. The van der Waals surface area contributed by atoms with E-state index in [9.17, 15) is 0 Å². The van der Waals surface area contributed by atoms with E-state index in [0.29, 0.717) is 17.5 Å². The van der Waals surface area contributed by atoms with E-state index in [0.717, 1.165) is 44.3 Å². The lowest BCUT2D eigenvalue weighted by molar-refractivity contribution is 1.07. The molecule has 0 unspecified atom stereocenters. The summed E-state index contributed by atoms with van der Waals surface area (Å²) in [6.45, 7) is 0. The third kappa shape index (κ3) is 4.96. The number of aromatic nitrogens is 4. The van der Waals surface area contributed by atoms with Gasteiger partial charge in [0.25, 0.3) is 0 Å². The summed E-state index contributed by atoms with van der Waals surface area (Å²) in [5.74, 6) is 1.92. The van der Waals surface area contributed by atoms with Crippen LogP contribution in [0.5, 0.6) is 0 Å². The van der Waals surface area contributed by atoms with Gasteiger partial charge in [-0.05, 0) is 75.1 Å². The van der Waals surface area contributed by atoms with Gasteiger partial charge in [-0.25, -0.2) is 15.0 Å². The molecule has 0 aliphatic carbocycles. The van der Waals surface area contributed by atoms with E-state index in [2.05, 4.69) is 180 Å². The molecule has 0 saturated carbocycles. The van der Waals surface area contributed by atoms with E-state index in [4.69, 9.17) is 15.0 Å². The molecule has 0 fully saturated rings. The molecule has 0 radical (unpaired) electrons. The van der Waals surface area contributed by atoms with E-state index >= 15 is 0 Å². The first-order valence-corrected chi connectivity index (χ1v) is 17.2. The molecule has 0 amide bonds. The summed E-state index contributed by atoms with van der Waals surface area (Å²) in [4.78, 5) is 15.3. The van der Waals surface area contributed by atoms with Gasteiger partial charge in [-0.15, -0.1) is 0 Å². The zero-order chi connectivity index (χ0) is 33.7. The molecule has 238 valence electrons. The standard InChI is InChI=1S/C47H30N4/c1-2-12-31(13-3-1)35-17-10-18-36(30-35)46-48-45(49-47(50-46)40-22-11-16-32-14-4-6-19-38(32)40)34-24-27-37(28-25-34)51-42-23-9-8-21-41(42)44-39-20-7-5-15-33(39)26-29-43(44)51/h1-30H. The van der Waals surface area contributed by atoms with Crippen molar-refractivity contribution < 1.29 is 0 Å². The number of nitrogens with zero attached hydrogens (tertiary/aromatic N) is 4. The molecule has 4 nitrogen and oxygen atoms in total. The van der Waals surface area contributed by atoms with Crippen molar-refractivity contribution >= 4 is 43.4 Å². The molecule has 0 N–H and O–H groups in total. The summed E-state index contributed by atoms with van der Waals surface area (Å²) < 4.78 is 2.36. The van der Waals surface area contributed by atoms with Crippen LogP contribution in [0.4, 0.5) is 0 Å². The highest BCUT2D eigenvalue weighted by atomic mass is 15.0. The van der Waals surface area contributed by atoms with Gasteiger partial charge in [0.2, 0.25) is 0 Å². The summed E-state index contributed by atoms with van der Waals surface area (Å²) in [6, 6.07) is 63.9. The van der Waals surface area contributed by atoms with Crippen LogP contribution in [0.25, 0.3) is 94.3 Å². The van der Waals surface area contributed by atoms with Crippen LogP contribution in [-0.2, 0) is 0 Å². The number of hydrogen-bond donors (Lipinski definition) is 0. The lowest BCUT2D eigenvalue weighted by atomic mass is 10.0. The average molecular weight is 651 g/mol. The highest BCUT2D eigenvalue weighted by Gasteiger charge is 2.17. The Kier molecular flexibility index (Phi) is 6.78. The summed E-state index contributed by atoms with van der Waals surface area (Å²) in [5, 5.41) is 7.27. The predicted octanol–water partition coefficient (Wildman–Crippen LogP) is 11.9. The first-order chi connectivity index (χ1) is 25.3. The summed E-state index contributed by atoms with van der Waals surface area (Å²) in [5.41, 5.74) is 8.55. The minimum absolute atomic E-state index is 0.632. The van der Waals surface area contributed by atoms with Crippen LogP contribution in [0, 0.1) is 0 Å². The summed E-state index contributed by atoms with van der Waals surface area (Å²) in [7, 11) is 0. The van der Waals surface area contributed by atoms with Crippen molar-refractivity contribution in [1.29, 1.82) is 0 Å². The van der Waals surface area contributed by atoms with Gasteiger partial charge in [-0.2, -0.15) is 0 Å². The van der Waals surface area contributed by atoms with Crippen molar-refractivity contribution in [1.82, 2.24) is 19.5 Å². The van der Waals surface area contributed by atoms with Crippen LogP contribution in [0.1, 0.15) is 0 Å². The highest BCUT2D eigenvalue weighted by molar-refractivity contribution is 6.21. The second-order valence-corrected chi connectivity index (χ2v) is 12.9. The Morgan fingerprint density at radius 1 is 0.333 bits per heavy atom. The third-order valence-electron chi connectivity index (χ3n) is 9.84. The van der Waals surface area contributed by atoms with Gasteiger partial charge >= 0.3 is 0 Å².